The van der Waals surface area contributed by atoms with E-state index < -0.39 is 0 Å². The van der Waals surface area contributed by atoms with Gasteiger partial charge < -0.3 is 15.8 Å². The molecule has 1 aliphatic rings. The zero-order chi connectivity index (χ0) is 13.7. The summed E-state index contributed by atoms with van der Waals surface area (Å²) in [5, 5.41) is 2.95. The topological polar surface area (TPSA) is 64.4 Å². The minimum absolute atomic E-state index is 0.0616. The minimum Gasteiger partial charge on any atom is -0.493 e. The second-order valence-corrected chi connectivity index (χ2v) is 4.92. The number of carbonyl (C=O) groups excluding carboxylic acids is 1. The molecule has 1 aromatic carbocycles. The first-order valence-electron chi connectivity index (χ1n) is 6.97. The third-order valence-corrected chi connectivity index (χ3v) is 3.61. The summed E-state index contributed by atoms with van der Waals surface area (Å²) in [6, 6.07) is 6.26. The highest BCUT2D eigenvalue weighted by Gasteiger charge is 2.14. The van der Waals surface area contributed by atoms with E-state index in [1.54, 1.807) is 0 Å². The Kier molecular flexibility index (Phi) is 4.80. The van der Waals surface area contributed by atoms with Crippen LogP contribution in [0.2, 0.25) is 0 Å². The Balaban J connectivity index is 1.81. The smallest absolute Gasteiger partial charge is 0.224 e. The number of ether oxygens (including phenoxy) is 1. The molecule has 2 rings (SSSR count). The molecule has 1 amide bonds. The maximum Gasteiger partial charge on any atom is 0.224 e. The first kappa shape index (κ1) is 13.9. The van der Waals surface area contributed by atoms with Crippen molar-refractivity contribution >= 4 is 5.91 Å². The lowest BCUT2D eigenvalue weighted by Gasteiger charge is -2.12. The molecule has 1 aliphatic heterocycles. The Labute approximate surface area is 114 Å². The van der Waals surface area contributed by atoms with Crippen molar-refractivity contribution in [3.63, 3.8) is 0 Å². The molecule has 4 heteroatoms. The van der Waals surface area contributed by atoms with Gasteiger partial charge in [0.15, 0.2) is 0 Å². The second-order valence-electron chi connectivity index (χ2n) is 4.92. The van der Waals surface area contributed by atoms with Crippen LogP contribution in [-0.2, 0) is 17.6 Å². The van der Waals surface area contributed by atoms with E-state index in [4.69, 9.17) is 10.5 Å². The van der Waals surface area contributed by atoms with E-state index in [-0.39, 0.29) is 11.8 Å². The summed E-state index contributed by atoms with van der Waals surface area (Å²) in [7, 11) is 0. The van der Waals surface area contributed by atoms with E-state index in [0.717, 1.165) is 31.6 Å². The van der Waals surface area contributed by atoms with E-state index in [9.17, 15) is 4.79 Å². The Morgan fingerprint density at radius 1 is 1.53 bits per heavy atom. The molecule has 0 spiro atoms. The van der Waals surface area contributed by atoms with Crippen LogP contribution >= 0.6 is 0 Å². The number of benzene rings is 1. The third kappa shape index (κ3) is 3.47. The lowest BCUT2D eigenvalue weighted by molar-refractivity contribution is -0.124. The number of nitrogens with two attached hydrogens (primary N) is 1. The molecular formula is C15H22N2O2. The average molecular weight is 262 g/mol. The van der Waals surface area contributed by atoms with Crippen LogP contribution in [0.3, 0.4) is 0 Å². The Hall–Kier alpha value is -1.55. The van der Waals surface area contributed by atoms with E-state index in [0.29, 0.717) is 13.1 Å². The van der Waals surface area contributed by atoms with Crippen molar-refractivity contribution in [2.45, 2.75) is 26.2 Å². The van der Waals surface area contributed by atoms with Crippen molar-refractivity contribution in [2.75, 3.05) is 19.7 Å². The number of hydrogen-bond donors (Lipinski definition) is 2. The van der Waals surface area contributed by atoms with Crippen molar-refractivity contribution in [1.82, 2.24) is 5.32 Å². The van der Waals surface area contributed by atoms with Crippen molar-refractivity contribution in [1.29, 1.82) is 0 Å². The summed E-state index contributed by atoms with van der Waals surface area (Å²) in [4.78, 5) is 11.8. The number of rotatable bonds is 6. The van der Waals surface area contributed by atoms with Gasteiger partial charge in [-0.2, -0.15) is 0 Å². The molecule has 104 valence electrons. The molecule has 19 heavy (non-hydrogen) atoms. The van der Waals surface area contributed by atoms with Gasteiger partial charge in [-0.25, -0.2) is 0 Å². The number of nitrogens with one attached hydrogen (secondary N) is 1. The maximum absolute atomic E-state index is 11.8. The molecule has 1 unspecified atom stereocenters. The molecule has 1 aromatic rings. The van der Waals surface area contributed by atoms with Crippen molar-refractivity contribution in [3.8, 4) is 5.75 Å². The molecule has 3 N–H and O–H groups in total. The van der Waals surface area contributed by atoms with Crippen molar-refractivity contribution in [3.05, 3.63) is 29.3 Å². The van der Waals surface area contributed by atoms with Crippen LogP contribution in [0.5, 0.6) is 5.75 Å². The molecule has 0 aromatic heterocycles. The van der Waals surface area contributed by atoms with E-state index in [2.05, 4.69) is 17.4 Å². The van der Waals surface area contributed by atoms with Gasteiger partial charge in [0, 0.05) is 25.4 Å². The highest BCUT2D eigenvalue weighted by atomic mass is 16.5. The van der Waals surface area contributed by atoms with Gasteiger partial charge in [-0.3, -0.25) is 4.79 Å². The normalized spacial score (nSPS) is 14.6. The number of hydrogen-bond acceptors (Lipinski definition) is 3. The molecule has 0 bridgehead atoms. The van der Waals surface area contributed by atoms with Gasteiger partial charge in [0.25, 0.3) is 0 Å². The predicted molar refractivity (Wildman–Crippen MR) is 75.2 cm³/mol. The standard InChI is InChI=1S/C15H22N2O2/c1-2-12(10-16)15(18)17-7-5-11-3-4-14-13(9-11)6-8-19-14/h3-4,9,12H,2,5-8,10,16H2,1H3,(H,17,18). The second kappa shape index (κ2) is 6.57. The number of amides is 1. The Morgan fingerprint density at radius 3 is 3.11 bits per heavy atom. The van der Waals surface area contributed by atoms with Crippen LogP contribution in [0.15, 0.2) is 18.2 Å². The molecule has 0 saturated carbocycles. The number of fused-ring (bicyclic) bond motifs is 1. The fourth-order valence-electron chi connectivity index (χ4n) is 2.33. The van der Waals surface area contributed by atoms with E-state index in [1.807, 2.05) is 13.0 Å². The number of carbonyl (C=O) groups is 1. The fraction of sp³-hybridized carbons (Fsp3) is 0.533. The van der Waals surface area contributed by atoms with Gasteiger partial charge in [-0.15, -0.1) is 0 Å². The molecule has 0 aliphatic carbocycles. The Morgan fingerprint density at radius 2 is 2.37 bits per heavy atom. The quantitative estimate of drug-likeness (QED) is 0.811. The molecule has 1 atom stereocenters. The van der Waals surface area contributed by atoms with Gasteiger partial charge in [0.05, 0.1) is 6.61 Å². The lowest BCUT2D eigenvalue weighted by Crippen LogP contribution is -2.35. The summed E-state index contributed by atoms with van der Waals surface area (Å²) in [6.07, 6.45) is 2.62. The first-order chi connectivity index (χ1) is 9.24. The SMILES string of the molecule is CCC(CN)C(=O)NCCc1ccc2c(c1)CCO2. The molecule has 0 radical (unpaired) electrons. The monoisotopic (exact) mass is 262 g/mol. The largest absolute Gasteiger partial charge is 0.493 e. The van der Waals surface area contributed by atoms with E-state index in [1.165, 1.54) is 11.1 Å². The zero-order valence-corrected chi connectivity index (χ0v) is 11.4. The van der Waals surface area contributed by atoms with Crippen molar-refractivity contribution < 1.29 is 9.53 Å². The molecule has 4 nitrogen and oxygen atoms in total. The van der Waals surface area contributed by atoms with Crippen LogP contribution < -0.4 is 15.8 Å². The minimum atomic E-state index is -0.0616. The van der Waals surface area contributed by atoms with Gasteiger partial charge in [-0.05, 0) is 30.0 Å². The van der Waals surface area contributed by atoms with Crippen LogP contribution in [0.25, 0.3) is 0 Å². The maximum atomic E-state index is 11.8. The summed E-state index contributed by atoms with van der Waals surface area (Å²) >= 11 is 0. The summed E-state index contributed by atoms with van der Waals surface area (Å²) < 4.78 is 5.47. The van der Waals surface area contributed by atoms with Crippen LogP contribution in [0, 0.1) is 5.92 Å². The van der Waals surface area contributed by atoms with Crippen molar-refractivity contribution in [2.24, 2.45) is 11.7 Å². The van der Waals surface area contributed by atoms with Gasteiger partial charge >= 0.3 is 0 Å². The summed E-state index contributed by atoms with van der Waals surface area (Å²) in [5.41, 5.74) is 8.07. The van der Waals surface area contributed by atoms with Gasteiger partial charge in [0.2, 0.25) is 5.91 Å². The van der Waals surface area contributed by atoms with Crippen LogP contribution in [-0.4, -0.2) is 25.6 Å². The highest BCUT2D eigenvalue weighted by molar-refractivity contribution is 5.78. The van der Waals surface area contributed by atoms with Gasteiger partial charge in [-0.1, -0.05) is 19.1 Å². The first-order valence-corrected chi connectivity index (χ1v) is 6.97. The molecule has 1 heterocycles. The molecular weight excluding hydrogens is 240 g/mol. The van der Waals surface area contributed by atoms with E-state index >= 15 is 0 Å². The highest BCUT2D eigenvalue weighted by Crippen LogP contribution is 2.25. The fourth-order valence-corrected chi connectivity index (χ4v) is 2.33. The lowest BCUT2D eigenvalue weighted by atomic mass is 10.0. The summed E-state index contributed by atoms with van der Waals surface area (Å²) in [5.74, 6) is 1.00. The zero-order valence-electron chi connectivity index (χ0n) is 11.4. The Bertz CT molecular complexity index is 442. The van der Waals surface area contributed by atoms with Crippen LogP contribution in [0.4, 0.5) is 0 Å². The van der Waals surface area contributed by atoms with Crippen LogP contribution in [0.1, 0.15) is 24.5 Å². The van der Waals surface area contributed by atoms with Gasteiger partial charge in [0.1, 0.15) is 5.75 Å². The summed E-state index contributed by atoms with van der Waals surface area (Å²) in [6.45, 7) is 3.84. The average Bonchev–Trinajstić information content (AvgIpc) is 2.87. The molecule has 0 saturated heterocycles. The third-order valence-electron chi connectivity index (χ3n) is 3.61. The molecule has 0 fully saturated rings. The predicted octanol–water partition coefficient (Wildman–Crippen LogP) is 1.27.